The van der Waals surface area contributed by atoms with Gasteiger partial charge in [0.2, 0.25) is 0 Å². The van der Waals surface area contributed by atoms with E-state index in [0.29, 0.717) is 17.6 Å². The highest BCUT2D eigenvalue weighted by molar-refractivity contribution is 6.29. The molecule has 20 heavy (non-hydrogen) atoms. The molecule has 0 aliphatic rings. The van der Waals surface area contributed by atoms with Crippen LogP contribution in [0.4, 0.5) is 0 Å². The van der Waals surface area contributed by atoms with Crippen molar-refractivity contribution in [1.82, 2.24) is 19.7 Å². The van der Waals surface area contributed by atoms with Crippen LogP contribution >= 0.6 is 11.6 Å². The van der Waals surface area contributed by atoms with Crippen molar-refractivity contribution in [3.05, 3.63) is 23.5 Å². The minimum absolute atomic E-state index is 0.100. The fourth-order valence-corrected chi connectivity index (χ4v) is 1.72. The Bertz CT molecular complexity index is 614. The number of carbonyl (C=O) groups is 1. The van der Waals surface area contributed by atoms with Gasteiger partial charge < -0.3 is 9.47 Å². The number of hydrogen-bond donors (Lipinski definition) is 0. The second-order valence-corrected chi connectivity index (χ2v) is 4.19. The molecule has 0 aliphatic heterocycles. The summed E-state index contributed by atoms with van der Waals surface area (Å²) in [5, 5.41) is 4.42. The van der Waals surface area contributed by atoms with Gasteiger partial charge in [-0.3, -0.25) is 0 Å². The van der Waals surface area contributed by atoms with Crippen LogP contribution in [0.15, 0.2) is 18.3 Å². The minimum atomic E-state index is -0.464. The second kappa shape index (κ2) is 6.33. The van der Waals surface area contributed by atoms with E-state index in [1.807, 2.05) is 0 Å². The van der Waals surface area contributed by atoms with E-state index < -0.39 is 5.97 Å². The number of carbonyl (C=O) groups excluding carboxylic acids is 1. The molecule has 0 radical (unpaired) electrons. The van der Waals surface area contributed by atoms with Gasteiger partial charge in [-0.05, 0) is 19.1 Å². The highest BCUT2D eigenvalue weighted by Crippen LogP contribution is 2.20. The predicted octanol–water partition coefficient (Wildman–Crippen LogP) is 1.47. The Kier molecular flexibility index (Phi) is 4.52. The lowest BCUT2D eigenvalue weighted by Crippen LogP contribution is -2.15. The molecule has 2 rings (SSSR count). The maximum Gasteiger partial charge on any atom is 0.344 e. The van der Waals surface area contributed by atoms with Crippen LogP contribution in [0.5, 0.6) is 6.01 Å². The summed E-state index contributed by atoms with van der Waals surface area (Å²) in [6.45, 7) is 1.80. The third kappa shape index (κ3) is 3.45. The first-order valence-corrected chi connectivity index (χ1v) is 6.29. The molecule has 0 aromatic carbocycles. The molecular weight excluding hydrogens is 284 g/mol. The molecule has 0 saturated heterocycles. The number of nitrogens with zero attached hydrogens (tertiary/aromatic N) is 4. The van der Waals surface area contributed by atoms with E-state index in [-0.39, 0.29) is 12.6 Å². The maximum absolute atomic E-state index is 11.2. The first kappa shape index (κ1) is 14.3. The minimum Gasteiger partial charge on any atom is -0.463 e. The summed E-state index contributed by atoms with van der Waals surface area (Å²) in [5.41, 5.74) is 0.756. The summed E-state index contributed by atoms with van der Waals surface area (Å²) < 4.78 is 11.5. The van der Waals surface area contributed by atoms with Crippen LogP contribution in [0.2, 0.25) is 5.15 Å². The number of esters is 1. The molecule has 0 aliphatic carbocycles. The number of ether oxygens (including phenoxy) is 2. The molecule has 2 heterocycles. The van der Waals surface area contributed by atoms with E-state index in [9.17, 15) is 4.79 Å². The molecule has 8 heteroatoms. The lowest BCUT2D eigenvalue weighted by Gasteiger charge is -2.00. The van der Waals surface area contributed by atoms with Crippen LogP contribution in [-0.2, 0) is 16.6 Å². The fourth-order valence-electron chi connectivity index (χ4n) is 1.54. The zero-order valence-corrected chi connectivity index (χ0v) is 11.8. The van der Waals surface area contributed by atoms with Crippen molar-refractivity contribution in [2.75, 3.05) is 13.2 Å². The molecule has 0 saturated carbocycles. The van der Waals surface area contributed by atoms with Crippen molar-refractivity contribution in [3.8, 4) is 17.4 Å². The van der Waals surface area contributed by atoms with Crippen molar-refractivity contribution in [2.45, 2.75) is 6.92 Å². The number of aryl methyl sites for hydroxylation is 1. The summed E-state index contributed by atoms with van der Waals surface area (Å²) in [5.74, 6) is 0.0987. The van der Waals surface area contributed by atoms with Gasteiger partial charge in [-0.15, -0.1) is 5.10 Å². The summed E-state index contributed by atoms with van der Waals surface area (Å²) >= 11 is 5.83. The first-order valence-electron chi connectivity index (χ1n) is 5.91. The maximum atomic E-state index is 11.2. The Hall–Kier alpha value is -2.15. The topological polar surface area (TPSA) is 79.1 Å². The Morgan fingerprint density at radius 1 is 1.50 bits per heavy atom. The number of pyridine rings is 1. The van der Waals surface area contributed by atoms with E-state index in [2.05, 4.69) is 15.1 Å². The molecule has 0 N–H and O–H groups in total. The van der Waals surface area contributed by atoms with Crippen molar-refractivity contribution in [1.29, 1.82) is 0 Å². The van der Waals surface area contributed by atoms with Gasteiger partial charge in [-0.1, -0.05) is 11.6 Å². The van der Waals surface area contributed by atoms with Crippen LogP contribution < -0.4 is 4.74 Å². The second-order valence-electron chi connectivity index (χ2n) is 3.80. The van der Waals surface area contributed by atoms with Crippen molar-refractivity contribution >= 4 is 17.6 Å². The zero-order valence-electron chi connectivity index (χ0n) is 11.0. The van der Waals surface area contributed by atoms with Crippen LogP contribution in [0.3, 0.4) is 0 Å². The molecule has 0 spiro atoms. The van der Waals surface area contributed by atoms with Gasteiger partial charge in [0.1, 0.15) is 5.15 Å². The third-order valence-corrected chi connectivity index (χ3v) is 2.56. The number of rotatable bonds is 5. The van der Waals surface area contributed by atoms with Gasteiger partial charge in [0, 0.05) is 18.8 Å². The van der Waals surface area contributed by atoms with Gasteiger partial charge >= 0.3 is 12.0 Å². The molecular formula is C12H13ClN4O3. The van der Waals surface area contributed by atoms with E-state index in [1.165, 1.54) is 4.68 Å². The average molecular weight is 297 g/mol. The quantitative estimate of drug-likeness (QED) is 0.614. The summed E-state index contributed by atoms with van der Waals surface area (Å²) in [4.78, 5) is 19.3. The highest BCUT2D eigenvalue weighted by atomic mass is 35.5. The molecule has 0 bridgehead atoms. The van der Waals surface area contributed by atoms with Gasteiger partial charge in [-0.25, -0.2) is 14.5 Å². The Labute approximate surface area is 120 Å². The molecule has 2 aromatic rings. The van der Waals surface area contributed by atoms with Gasteiger partial charge in [0.15, 0.2) is 12.4 Å². The zero-order chi connectivity index (χ0) is 14.5. The largest absolute Gasteiger partial charge is 0.463 e. The summed E-state index contributed by atoms with van der Waals surface area (Å²) in [6.07, 6.45) is 1.57. The predicted molar refractivity (Wildman–Crippen MR) is 71.4 cm³/mol. The average Bonchev–Trinajstić information content (AvgIpc) is 2.78. The van der Waals surface area contributed by atoms with Gasteiger partial charge in [0.05, 0.1) is 6.61 Å². The lowest BCUT2D eigenvalue weighted by molar-refractivity contribution is -0.145. The smallest absolute Gasteiger partial charge is 0.344 e. The third-order valence-electron chi connectivity index (χ3n) is 2.35. The van der Waals surface area contributed by atoms with Crippen LogP contribution in [-0.4, -0.2) is 38.9 Å². The SMILES string of the molecule is CCOC(=O)COc1nc(-c2ccnc(Cl)c2)n(C)n1. The van der Waals surface area contributed by atoms with E-state index in [0.717, 1.165) is 5.56 Å². The normalized spacial score (nSPS) is 10.3. The molecule has 0 atom stereocenters. The first-order chi connectivity index (χ1) is 9.60. The van der Waals surface area contributed by atoms with E-state index >= 15 is 0 Å². The monoisotopic (exact) mass is 296 g/mol. The fraction of sp³-hybridized carbons (Fsp3) is 0.333. The van der Waals surface area contributed by atoms with Crippen LogP contribution in [0, 0.1) is 0 Å². The Morgan fingerprint density at radius 2 is 2.30 bits per heavy atom. The lowest BCUT2D eigenvalue weighted by atomic mass is 10.2. The molecule has 7 nitrogen and oxygen atoms in total. The molecule has 0 unspecified atom stereocenters. The summed E-state index contributed by atoms with van der Waals surface area (Å²) in [6, 6.07) is 3.52. The number of aromatic nitrogens is 4. The molecule has 106 valence electrons. The van der Waals surface area contributed by atoms with E-state index in [1.54, 1.807) is 32.3 Å². The molecule has 0 amide bonds. The van der Waals surface area contributed by atoms with Crippen LogP contribution in [0.25, 0.3) is 11.4 Å². The van der Waals surface area contributed by atoms with Crippen molar-refractivity contribution in [3.63, 3.8) is 0 Å². The Morgan fingerprint density at radius 3 is 3.00 bits per heavy atom. The Balaban J connectivity index is 2.12. The summed E-state index contributed by atoms with van der Waals surface area (Å²) in [7, 11) is 1.72. The van der Waals surface area contributed by atoms with E-state index in [4.69, 9.17) is 21.1 Å². The van der Waals surface area contributed by atoms with Crippen LogP contribution in [0.1, 0.15) is 6.92 Å². The molecule has 0 fully saturated rings. The van der Waals surface area contributed by atoms with Gasteiger partial charge in [-0.2, -0.15) is 4.98 Å². The molecule has 2 aromatic heterocycles. The number of hydrogen-bond acceptors (Lipinski definition) is 6. The van der Waals surface area contributed by atoms with Crippen molar-refractivity contribution in [2.24, 2.45) is 7.05 Å². The van der Waals surface area contributed by atoms with Gasteiger partial charge in [0.25, 0.3) is 0 Å². The van der Waals surface area contributed by atoms with Crippen molar-refractivity contribution < 1.29 is 14.3 Å². The standard InChI is InChI=1S/C12H13ClN4O3/c1-3-19-10(18)7-20-12-15-11(17(2)16-12)8-4-5-14-9(13)6-8/h4-6H,3,7H2,1-2H3. The number of halogens is 1. The highest BCUT2D eigenvalue weighted by Gasteiger charge is 2.12.